The van der Waals surface area contributed by atoms with Gasteiger partial charge in [-0.05, 0) is 49.7 Å². The highest BCUT2D eigenvalue weighted by molar-refractivity contribution is 7.12. The Morgan fingerprint density at radius 2 is 2.10 bits per heavy atom. The van der Waals surface area contributed by atoms with Crippen molar-refractivity contribution in [2.24, 2.45) is 11.7 Å². The molecule has 0 saturated heterocycles. The third kappa shape index (κ3) is 3.34. The Morgan fingerprint density at radius 3 is 2.77 bits per heavy atom. The van der Waals surface area contributed by atoms with E-state index >= 15 is 4.39 Å². The summed E-state index contributed by atoms with van der Waals surface area (Å²) in [4.78, 5) is 31.6. The number of aromatic amines is 2. The first-order chi connectivity index (χ1) is 14.9. The van der Waals surface area contributed by atoms with E-state index < -0.39 is 23.3 Å². The average Bonchev–Trinajstić information content (AvgIpc) is 3.49. The van der Waals surface area contributed by atoms with Crippen molar-refractivity contribution in [3.63, 3.8) is 0 Å². The average molecular weight is 448 g/mol. The summed E-state index contributed by atoms with van der Waals surface area (Å²) in [7, 11) is 1.47. The van der Waals surface area contributed by atoms with Crippen LogP contribution < -0.4 is 17.0 Å². The zero-order valence-electron chi connectivity index (χ0n) is 17.2. The lowest BCUT2D eigenvalue weighted by Crippen LogP contribution is -2.34. The zero-order chi connectivity index (χ0) is 21.9. The van der Waals surface area contributed by atoms with Crippen LogP contribution >= 0.6 is 11.3 Å². The summed E-state index contributed by atoms with van der Waals surface area (Å²) in [6, 6.07) is 1.64. The summed E-state index contributed by atoms with van der Waals surface area (Å²) in [5, 5.41) is 9.58. The first-order valence-electron chi connectivity index (χ1n) is 10.7. The van der Waals surface area contributed by atoms with Crippen molar-refractivity contribution in [3.8, 4) is 0 Å². The molecule has 5 N–H and O–H groups in total. The second-order valence-electron chi connectivity index (χ2n) is 8.74. The van der Waals surface area contributed by atoms with Gasteiger partial charge in [-0.3, -0.25) is 9.78 Å². The van der Waals surface area contributed by atoms with E-state index in [4.69, 9.17) is 10.5 Å². The summed E-state index contributed by atoms with van der Waals surface area (Å²) >= 11 is 1.54. The van der Waals surface area contributed by atoms with Crippen molar-refractivity contribution in [3.05, 3.63) is 59.3 Å². The van der Waals surface area contributed by atoms with Crippen molar-refractivity contribution in [1.29, 1.82) is 0 Å². The molecule has 0 amide bonds. The lowest BCUT2D eigenvalue weighted by molar-refractivity contribution is 0.0767. The summed E-state index contributed by atoms with van der Waals surface area (Å²) in [5.41, 5.74) is 7.01. The van der Waals surface area contributed by atoms with Gasteiger partial charge < -0.3 is 20.6 Å². The van der Waals surface area contributed by atoms with Gasteiger partial charge in [0.2, 0.25) is 0 Å². The van der Waals surface area contributed by atoms with Crippen LogP contribution in [0, 0.1) is 5.92 Å². The van der Waals surface area contributed by atoms with Gasteiger partial charge >= 0.3 is 5.69 Å². The molecule has 0 radical (unpaired) electrons. The van der Waals surface area contributed by atoms with E-state index in [-0.39, 0.29) is 35.9 Å². The molecular formula is C22H26FN3O4S. The van der Waals surface area contributed by atoms with Crippen LogP contribution in [0.1, 0.15) is 70.2 Å². The first kappa shape index (κ1) is 20.8. The molecule has 0 spiro atoms. The predicted molar refractivity (Wildman–Crippen MR) is 116 cm³/mol. The number of halogens is 1. The van der Waals surface area contributed by atoms with E-state index in [9.17, 15) is 14.7 Å². The number of methoxy groups -OCH3 is 1. The molecule has 2 aromatic heterocycles. The molecule has 31 heavy (non-hydrogen) atoms. The molecule has 1 saturated carbocycles. The maximum Gasteiger partial charge on any atom is 0.326 e. The Hall–Kier alpha value is -2.07. The Labute approximate surface area is 182 Å². The number of aliphatic hydroxyl groups excluding tert-OH is 1. The molecule has 5 rings (SSSR count). The van der Waals surface area contributed by atoms with Gasteiger partial charge in [0.05, 0.1) is 23.8 Å². The first-order valence-corrected chi connectivity index (χ1v) is 11.5. The Balaban J connectivity index is 1.68. The smallest absolute Gasteiger partial charge is 0.326 e. The molecule has 166 valence electrons. The van der Waals surface area contributed by atoms with Crippen LogP contribution in [0.5, 0.6) is 0 Å². The molecule has 2 heterocycles. The number of rotatable bonds is 5. The van der Waals surface area contributed by atoms with E-state index in [1.165, 1.54) is 7.11 Å². The van der Waals surface area contributed by atoms with E-state index in [2.05, 4.69) is 9.97 Å². The normalized spacial score (nSPS) is 26.5. The molecule has 4 unspecified atom stereocenters. The van der Waals surface area contributed by atoms with Gasteiger partial charge in [0.1, 0.15) is 11.9 Å². The fraction of sp³-hybridized carbons (Fsp3) is 0.545. The standard InChI is InChI=1S/C22H26FN3O4S/c1-30-20-16(14-7-11-10(12(24)8-27)3-2-4-13(11)31-14)18(23)15(9-5-6-9)17-19(20)25-22(29)26-21(17)28/h7,9-10,12,16,20,27H,2-6,8,24H2,1H3,(H2,25,26,28,29). The van der Waals surface area contributed by atoms with Crippen LogP contribution in [-0.4, -0.2) is 34.8 Å². The number of aliphatic hydroxyl groups is 1. The minimum absolute atomic E-state index is 0.0174. The fourth-order valence-corrected chi connectivity index (χ4v) is 6.61. The van der Waals surface area contributed by atoms with E-state index in [1.807, 2.05) is 6.07 Å². The maximum atomic E-state index is 16.1. The number of nitrogens with two attached hydrogens (primary N) is 1. The third-order valence-corrected chi connectivity index (χ3v) is 8.11. The summed E-state index contributed by atoms with van der Waals surface area (Å²) in [6.45, 7) is -0.100. The van der Waals surface area contributed by atoms with Crippen LogP contribution in [0.3, 0.4) is 0 Å². The highest BCUT2D eigenvalue weighted by Gasteiger charge is 2.45. The van der Waals surface area contributed by atoms with Crippen LogP contribution in [0.4, 0.5) is 4.39 Å². The minimum Gasteiger partial charge on any atom is -0.395 e. The number of aryl methyl sites for hydroxylation is 1. The lowest BCUT2D eigenvalue weighted by atomic mass is 9.80. The molecule has 7 nitrogen and oxygen atoms in total. The number of nitrogens with one attached hydrogen (secondary N) is 2. The van der Waals surface area contributed by atoms with Gasteiger partial charge in [0.25, 0.3) is 5.56 Å². The van der Waals surface area contributed by atoms with Gasteiger partial charge in [-0.1, -0.05) is 0 Å². The molecule has 0 aliphatic heterocycles. The van der Waals surface area contributed by atoms with E-state index in [1.54, 1.807) is 11.3 Å². The Bertz CT molecular complexity index is 1160. The van der Waals surface area contributed by atoms with Gasteiger partial charge in [-0.2, -0.15) is 0 Å². The predicted octanol–water partition coefficient (Wildman–Crippen LogP) is 2.44. The number of aromatic nitrogens is 2. The molecule has 0 bridgehead atoms. The van der Waals surface area contributed by atoms with Crippen molar-refractivity contribution in [2.75, 3.05) is 13.7 Å². The third-order valence-electron chi connectivity index (χ3n) is 6.81. The molecule has 0 aromatic carbocycles. The highest BCUT2D eigenvalue weighted by atomic mass is 32.1. The topological polar surface area (TPSA) is 121 Å². The number of fused-ring (bicyclic) bond motifs is 2. The number of H-pyrrole nitrogens is 2. The van der Waals surface area contributed by atoms with Crippen molar-refractivity contribution >= 4 is 16.9 Å². The second kappa shape index (κ2) is 7.81. The van der Waals surface area contributed by atoms with E-state index in [0.29, 0.717) is 11.3 Å². The second-order valence-corrected chi connectivity index (χ2v) is 9.91. The zero-order valence-corrected chi connectivity index (χ0v) is 18.1. The maximum absolute atomic E-state index is 16.1. The SMILES string of the molecule is COC1c2[nH]c(=O)[nH]c(=O)c2C(C2CC2)=C(F)C1c1cc2c(s1)CCCC2C(N)CO. The van der Waals surface area contributed by atoms with Crippen LogP contribution in [0.15, 0.2) is 21.5 Å². The van der Waals surface area contributed by atoms with Crippen LogP contribution in [0.2, 0.25) is 0 Å². The molecule has 3 aliphatic rings. The number of allylic oxidation sites excluding steroid dienone is 1. The van der Waals surface area contributed by atoms with Crippen LogP contribution in [0.25, 0.3) is 5.57 Å². The van der Waals surface area contributed by atoms with E-state index in [0.717, 1.165) is 47.4 Å². The van der Waals surface area contributed by atoms with Gasteiger partial charge in [-0.25, -0.2) is 9.18 Å². The largest absolute Gasteiger partial charge is 0.395 e. The summed E-state index contributed by atoms with van der Waals surface area (Å²) in [5.74, 6) is -1.06. The molecule has 4 atom stereocenters. The fourth-order valence-electron chi connectivity index (χ4n) is 5.21. The number of ether oxygens (including phenoxy) is 1. The lowest BCUT2D eigenvalue weighted by Gasteiger charge is -2.31. The minimum atomic E-state index is -0.808. The molecule has 1 fully saturated rings. The molecule has 9 heteroatoms. The van der Waals surface area contributed by atoms with Crippen LogP contribution in [-0.2, 0) is 11.2 Å². The molecule has 2 aromatic rings. The monoisotopic (exact) mass is 447 g/mol. The Morgan fingerprint density at radius 1 is 1.32 bits per heavy atom. The highest BCUT2D eigenvalue weighted by Crippen LogP contribution is 2.55. The number of hydrogen-bond acceptors (Lipinski definition) is 6. The van der Waals surface area contributed by atoms with Gasteiger partial charge in [-0.15, -0.1) is 11.3 Å². The van der Waals surface area contributed by atoms with Crippen molar-refractivity contribution in [1.82, 2.24) is 9.97 Å². The summed E-state index contributed by atoms with van der Waals surface area (Å²) in [6.07, 6.45) is 3.59. The van der Waals surface area contributed by atoms with Gasteiger partial charge in [0, 0.05) is 34.4 Å². The molecular weight excluding hydrogens is 421 g/mol. The summed E-state index contributed by atoms with van der Waals surface area (Å²) < 4.78 is 21.8. The molecule has 3 aliphatic carbocycles. The Kier molecular flexibility index (Phi) is 5.24. The van der Waals surface area contributed by atoms with Crippen molar-refractivity contribution < 1.29 is 14.2 Å². The quantitative estimate of drug-likeness (QED) is 0.561. The van der Waals surface area contributed by atoms with Gasteiger partial charge in [0.15, 0.2) is 0 Å². The number of hydrogen-bond donors (Lipinski definition) is 4. The number of thiophene rings is 1. The van der Waals surface area contributed by atoms with Crippen molar-refractivity contribution in [2.45, 2.75) is 56.1 Å².